The predicted octanol–water partition coefficient (Wildman–Crippen LogP) is 5.10. The third-order valence-corrected chi connectivity index (χ3v) is 13.0. The fraction of sp³-hybridized carbons (Fsp3) is 0.824. The molecule has 1 aliphatic rings. The normalized spacial score (nSPS) is 26.4. The fourth-order valence-corrected chi connectivity index (χ4v) is 12.5. The molecule has 0 saturated heterocycles. The van der Waals surface area contributed by atoms with Crippen molar-refractivity contribution in [1.82, 2.24) is 0 Å². The maximum atomic E-state index is 12.3. The third-order valence-electron chi connectivity index (χ3n) is 5.34. The van der Waals surface area contributed by atoms with E-state index in [9.17, 15) is 4.79 Å². The van der Waals surface area contributed by atoms with Crippen molar-refractivity contribution >= 4 is 14.0 Å². The monoisotopic (exact) mass is 296 g/mol. The molecule has 1 aliphatic heterocycles. The van der Waals surface area contributed by atoms with Crippen LogP contribution < -0.4 is 0 Å². The topological polar surface area (TPSA) is 26.3 Å². The van der Waals surface area contributed by atoms with Gasteiger partial charge < -0.3 is 4.74 Å². The molecule has 0 aromatic carbocycles. The van der Waals surface area contributed by atoms with E-state index >= 15 is 0 Å². The van der Waals surface area contributed by atoms with E-state index in [-0.39, 0.29) is 16.0 Å². The maximum Gasteiger partial charge on any atom is 0.333 e. The van der Waals surface area contributed by atoms with Gasteiger partial charge in [0, 0.05) is 5.57 Å². The summed E-state index contributed by atoms with van der Waals surface area (Å²) >= 11 is 0. The quantitative estimate of drug-likeness (QED) is 0.523. The zero-order chi connectivity index (χ0) is 15.9. The summed E-state index contributed by atoms with van der Waals surface area (Å²) in [6, 6.07) is 0. The number of ether oxygens (including phenoxy) is 1. The number of esters is 1. The summed E-state index contributed by atoms with van der Waals surface area (Å²) in [6.45, 7) is 20.9. The van der Waals surface area contributed by atoms with E-state index in [0.717, 1.165) is 5.57 Å². The van der Waals surface area contributed by atoms with Gasteiger partial charge in [-0.15, -0.1) is 0 Å². The Balaban J connectivity index is 3.43. The fourth-order valence-electron chi connectivity index (χ4n) is 4.56. The van der Waals surface area contributed by atoms with E-state index in [1.807, 2.05) is 6.92 Å². The largest absolute Gasteiger partial charge is 0.463 e. The van der Waals surface area contributed by atoms with Crippen molar-refractivity contribution in [3.63, 3.8) is 0 Å². The molecule has 20 heavy (non-hydrogen) atoms. The van der Waals surface area contributed by atoms with E-state index in [1.165, 1.54) is 0 Å². The molecule has 0 fully saturated rings. The summed E-state index contributed by atoms with van der Waals surface area (Å²) in [4.78, 5) is 12.3. The van der Waals surface area contributed by atoms with Crippen LogP contribution in [0, 0.1) is 5.92 Å². The van der Waals surface area contributed by atoms with Crippen LogP contribution in [0.2, 0.25) is 15.6 Å². The van der Waals surface area contributed by atoms with Gasteiger partial charge in [-0.1, -0.05) is 61.1 Å². The van der Waals surface area contributed by atoms with Gasteiger partial charge in [0.2, 0.25) is 0 Å². The first kappa shape index (κ1) is 17.5. The highest BCUT2D eigenvalue weighted by atomic mass is 28.3. The summed E-state index contributed by atoms with van der Waals surface area (Å²) in [5.74, 6) is 0.203. The Bertz CT molecular complexity index is 396. The molecule has 2 atom stereocenters. The lowest BCUT2D eigenvalue weighted by molar-refractivity contribution is -0.139. The average molecular weight is 297 g/mol. The first-order valence-electron chi connectivity index (χ1n) is 7.80. The van der Waals surface area contributed by atoms with Crippen LogP contribution in [0.5, 0.6) is 0 Å². The highest BCUT2D eigenvalue weighted by Crippen LogP contribution is 2.63. The van der Waals surface area contributed by atoms with Crippen molar-refractivity contribution in [1.29, 1.82) is 0 Å². The Hall–Kier alpha value is -0.573. The minimum Gasteiger partial charge on any atom is -0.463 e. The van der Waals surface area contributed by atoms with Gasteiger partial charge in [0.05, 0.1) is 14.7 Å². The zero-order valence-corrected chi connectivity index (χ0v) is 15.8. The molecule has 0 bridgehead atoms. The second kappa shape index (κ2) is 5.32. The number of carbonyl (C=O) groups is 1. The molecule has 1 rings (SSSR count). The van der Waals surface area contributed by atoms with Crippen LogP contribution in [-0.2, 0) is 9.53 Å². The van der Waals surface area contributed by atoms with Gasteiger partial charge in [0.15, 0.2) is 0 Å². The molecule has 2 nitrogen and oxygen atoms in total. The van der Waals surface area contributed by atoms with Gasteiger partial charge in [0.25, 0.3) is 0 Å². The van der Waals surface area contributed by atoms with Crippen molar-refractivity contribution in [3.8, 4) is 0 Å². The molecule has 0 saturated carbocycles. The Morgan fingerprint density at radius 1 is 1.15 bits per heavy atom. The molecule has 0 radical (unpaired) electrons. The van der Waals surface area contributed by atoms with E-state index in [4.69, 9.17) is 4.74 Å². The van der Waals surface area contributed by atoms with Gasteiger partial charge in [0.1, 0.15) is 0 Å². The van der Waals surface area contributed by atoms with Crippen LogP contribution in [0.4, 0.5) is 0 Å². The van der Waals surface area contributed by atoms with Gasteiger partial charge in [-0.05, 0) is 28.5 Å². The maximum absolute atomic E-state index is 12.3. The Kier molecular flexibility index (Phi) is 4.65. The van der Waals surface area contributed by atoms with Crippen LogP contribution in [0.25, 0.3) is 0 Å². The molecule has 0 spiro atoms. The highest BCUT2D eigenvalue weighted by molar-refractivity contribution is 6.91. The molecule has 0 aliphatic carbocycles. The third kappa shape index (κ3) is 2.49. The zero-order valence-electron chi connectivity index (χ0n) is 14.8. The first-order chi connectivity index (χ1) is 8.90. The van der Waals surface area contributed by atoms with Gasteiger partial charge in [-0.25, -0.2) is 4.79 Å². The van der Waals surface area contributed by atoms with Gasteiger partial charge in [-0.2, -0.15) is 0 Å². The van der Waals surface area contributed by atoms with E-state index in [0.29, 0.717) is 18.1 Å². The molecular formula is C17H32O2Si. The summed E-state index contributed by atoms with van der Waals surface area (Å²) in [6.07, 6.45) is 0. The lowest BCUT2D eigenvalue weighted by Crippen LogP contribution is -2.52. The van der Waals surface area contributed by atoms with Crippen LogP contribution in [0.1, 0.15) is 62.3 Å². The van der Waals surface area contributed by atoms with Crippen LogP contribution in [0.15, 0.2) is 11.3 Å². The standard InChI is InChI=1S/C17H32O2Si/c1-10-19-15(18)14-11-20(16(4,5)6,17(7,8)9)13(3)12(14)2/h11-13H,10H2,1-9H3/t12-,13-/m1/s1. The van der Waals surface area contributed by atoms with Gasteiger partial charge >= 0.3 is 5.97 Å². The molecule has 3 heteroatoms. The molecular weight excluding hydrogens is 264 g/mol. The van der Waals surface area contributed by atoms with Crippen molar-refractivity contribution in [2.75, 3.05) is 6.61 Å². The molecule has 1 heterocycles. The smallest absolute Gasteiger partial charge is 0.333 e. The Labute approximate surface area is 126 Å². The number of rotatable bonds is 2. The Morgan fingerprint density at radius 3 is 1.90 bits per heavy atom. The summed E-state index contributed by atoms with van der Waals surface area (Å²) in [5.41, 5.74) is 3.86. The SMILES string of the molecule is CCOC(=O)C1=C[Si](C(C)(C)C)(C(C)(C)C)[C@H](C)[C@H]1C. The second-order valence-corrected chi connectivity index (χ2v) is 14.2. The second-order valence-electron chi connectivity index (χ2n) is 8.27. The number of hydrogen-bond donors (Lipinski definition) is 0. The van der Waals surface area contributed by atoms with Crippen molar-refractivity contribution < 1.29 is 9.53 Å². The summed E-state index contributed by atoms with van der Waals surface area (Å²) in [5, 5.41) is 0.459. The summed E-state index contributed by atoms with van der Waals surface area (Å²) in [7, 11) is -1.82. The van der Waals surface area contributed by atoms with Crippen molar-refractivity contribution in [3.05, 3.63) is 11.3 Å². The number of carbonyl (C=O) groups excluding carboxylic acids is 1. The van der Waals surface area contributed by atoms with Crippen LogP contribution in [-0.4, -0.2) is 20.7 Å². The molecule has 0 aromatic heterocycles. The van der Waals surface area contributed by atoms with Crippen LogP contribution in [0.3, 0.4) is 0 Å². The van der Waals surface area contributed by atoms with Gasteiger partial charge in [-0.3, -0.25) is 0 Å². The molecule has 116 valence electrons. The lowest BCUT2D eigenvalue weighted by atomic mass is 10.0. The van der Waals surface area contributed by atoms with E-state index in [2.05, 4.69) is 61.1 Å². The molecule has 0 N–H and O–H groups in total. The summed E-state index contributed by atoms with van der Waals surface area (Å²) < 4.78 is 5.28. The van der Waals surface area contributed by atoms with Crippen molar-refractivity contribution in [2.45, 2.75) is 77.9 Å². The van der Waals surface area contributed by atoms with Crippen molar-refractivity contribution in [2.24, 2.45) is 5.92 Å². The lowest BCUT2D eigenvalue weighted by Gasteiger charge is -2.52. The Morgan fingerprint density at radius 2 is 1.60 bits per heavy atom. The van der Waals surface area contributed by atoms with Crippen LogP contribution >= 0.6 is 0 Å². The predicted molar refractivity (Wildman–Crippen MR) is 88.5 cm³/mol. The average Bonchev–Trinajstić information content (AvgIpc) is 2.52. The molecule has 0 amide bonds. The minimum atomic E-state index is -1.82. The highest BCUT2D eigenvalue weighted by Gasteiger charge is 2.60. The minimum absolute atomic E-state index is 0.102. The molecule has 0 aromatic rings. The van der Waals surface area contributed by atoms with E-state index < -0.39 is 8.07 Å². The van der Waals surface area contributed by atoms with E-state index in [1.54, 1.807) is 0 Å². The molecule has 0 unspecified atom stereocenters. The first-order valence-corrected chi connectivity index (χ1v) is 9.95. The number of hydrogen-bond acceptors (Lipinski definition) is 2.